The molecule has 1 amide bonds. The van der Waals surface area contributed by atoms with Crippen LogP contribution in [-0.2, 0) is 13.0 Å². The maximum Gasteiger partial charge on any atom is 0.272 e. The molecule has 0 radical (unpaired) electrons. The Balaban J connectivity index is 1.49. The number of carbonyl (C=O) groups excluding carboxylic acids is 1. The van der Waals surface area contributed by atoms with Crippen molar-refractivity contribution >= 4 is 23.2 Å². The van der Waals surface area contributed by atoms with E-state index in [2.05, 4.69) is 34.1 Å². The molecular weight excluding hydrogens is 360 g/mol. The highest BCUT2D eigenvalue weighted by atomic mass is 35.5. The number of hydrogen-bond donors (Lipinski definition) is 0. The van der Waals surface area contributed by atoms with Crippen LogP contribution in [0.4, 0.5) is 0 Å². The minimum atomic E-state index is 0.0565. The smallest absolute Gasteiger partial charge is 0.272 e. The predicted molar refractivity (Wildman–Crippen MR) is 107 cm³/mol. The standard InChI is InChI=1S/C21H23ClN4O/c1-2-18-20(26-9-8-17(22)14-19(26)23-18)21(27)25-12-10-24(11-13-25)15-16-6-4-3-5-7-16/h3-9,14H,2,10-13,15H2,1H3. The van der Waals surface area contributed by atoms with Crippen molar-refractivity contribution in [2.75, 3.05) is 26.2 Å². The number of halogens is 1. The average molecular weight is 383 g/mol. The van der Waals surface area contributed by atoms with Gasteiger partial charge in [-0.3, -0.25) is 14.1 Å². The molecule has 0 unspecified atom stereocenters. The van der Waals surface area contributed by atoms with Crippen LogP contribution in [0.15, 0.2) is 48.7 Å². The molecule has 0 spiro atoms. The first-order chi connectivity index (χ1) is 13.2. The minimum absolute atomic E-state index is 0.0565. The van der Waals surface area contributed by atoms with Gasteiger partial charge in [0.05, 0.1) is 5.69 Å². The van der Waals surface area contributed by atoms with Crippen LogP contribution in [0.1, 0.15) is 28.7 Å². The van der Waals surface area contributed by atoms with Gasteiger partial charge in [0, 0.05) is 50.0 Å². The first-order valence-electron chi connectivity index (χ1n) is 9.37. The van der Waals surface area contributed by atoms with Crippen molar-refractivity contribution in [3.63, 3.8) is 0 Å². The van der Waals surface area contributed by atoms with E-state index in [0.717, 1.165) is 44.1 Å². The zero-order chi connectivity index (χ0) is 18.8. The number of hydrogen-bond acceptors (Lipinski definition) is 3. The molecule has 1 aromatic carbocycles. The predicted octanol–water partition coefficient (Wildman–Crippen LogP) is 3.51. The SMILES string of the molecule is CCc1nc2cc(Cl)ccn2c1C(=O)N1CCN(Cc2ccccc2)CC1. The number of carbonyl (C=O) groups is 1. The number of amides is 1. The van der Waals surface area contributed by atoms with Gasteiger partial charge in [-0.05, 0) is 18.1 Å². The Kier molecular flexibility index (Phi) is 5.14. The summed E-state index contributed by atoms with van der Waals surface area (Å²) in [6, 6.07) is 14.1. The van der Waals surface area contributed by atoms with Crippen molar-refractivity contribution < 1.29 is 4.79 Å². The highest BCUT2D eigenvalue weighted by Gasteiger charge is 2.26. The number of benzene rings is 1. The van der Waals surface area contributed by atoms with Gasteiger partial charge in [0.2, 0.25) is 0 Å². The number of rotatable bonds is 4. The van der Waals surface area contributed by atoms with Crippen LogP contribution >= 0.6 is 11.6 Å². The lowest BCUT2D eigenvalue weighted by Gasteiger charge is -2.34. The maximum absolute atomic E-state index is 13.2. The molecule has 0 bridgehead atoms. The van der Waals surface area contributed by atoms with Crippen LogP contribution in [0.25, 0.3) is 5.65 Å². The second kappa shape index (κ2) is 7.71. The van der Waals surface area contributed by atoms with Gasteiger partial charge in [-0.25, -0.2) is 4.98 Å². The summed E-state index contributed by atoms with van der Waals surface area (Å²) in [5.74, 6) is 0.0565. The molecule has 3 heterocycles. The van der Waals surface area contributed by atoms with Crippen molar-refractivity contribution in [1.82, 2.24) is 19.2 Å². The molecule has 0 aliphatic carbocycles. The largest absolute Gasteiger partial charge is 0.335 e. The lowest BCUT2D eigenvalue weighted by atomic mass is 10.2. The molecule has 5 nitrogen and oxygen atoms in total. The van der Waals surface area contributed by atoms with Crippen molar-refractivity contribution in [3.8, 4) is 0 Å². The molecule has 1 fully saturated rings. The fraction of sp³-hybridized carbons (Fsp3) is 0.333. The normalized spacial score (nSPS) is 15.4. The molecule has 140 valence electrons. The van der Waals surface area contributed by atoms with Crippen molar-refractivity contribution in [3.05, 3.63) is 70.6 Å². The molecule has 6 heteroatoms. The van der Waals surface area contributed by atoms with Gasteiger partial charge in [-0.15, -0.1) is 0 Å². The van der Waals surface area contributed by atoms with Gasteiger partial charge >= 0.3 is 0 Å². The fourth-order valence-electron chi connectivity index (χ4n) is 3.64. The Morgan fingerprint density at radius 3 is 2.56 bits per heavy atom. The topological polar surface area (TPSA) is 40.9 Å². The second-order valence-electron chi connectivity index (χ2n) is 6.89. The summed E-state index contributed by atoms with van der Waals surface area (Å²) in [5, 5.41) is 0.628. The van der Waals surface area contributed by atoms with Crippen LogP contribution in [0.5, 0.6) is 0 Å². The molecule has 0 atom stereocenters. The Bertz CT molecular complexity index is 945. The van der Waals surface area contributed by atoms with Crippen LogP contribution in [0.2, 0.25) is 5.02 Å². The highest BCUT2D eigenvalue weighted by molar-refractivity contribution is 6.30. The van der Waals surface area contributed by atoms with E-state index in [-0.39, 0.29) is 5.91 Å². The van der Waals surface area contributed by atoms with E-state index in [1.54, 1.807) is 12.1 Å². The zero-order valence-corrected chi connectivity index (χ0v) is 16.2. The van der Waals surface area contributed by atoms with Gasteiger partial charge < -0.3 is 4.90 Å². The molecule has 27 heavy (non-hydrogen) atoms. The van der Waals surface area contributed by atoms with Gasteiger partial charge in [-0.2, -0.15) is 0 Å². The van der Waals surface area contributed by atoms with Crippen molar-refractivity contribution in [2.24, 2.45) is 0 Å². The van der Waals surface area contributed by atoms with E-state index in [9.17, 15) is 4.79 Å². The van der Waals surface area contributed by atoms with Gasteiger partial charge in [0.15, 0.2) is 0 Å². The van der Waals surface area contributed by atoms with E-state index >= 15 is 0 Å². The van der Waals surface area contributed by atoms with Crippen LogP contribution in [0, 0.1) is 0 Å². The first-order valence-corrected chi connectivity index (χ1v) is 9.75. The number of pyridine rings is 1. The number of aryl methyl sites for hydroxylation is 1. The number of fused-ring (bicyclic) bond motifs is 1. The number of aromatic nitrogens is 2. The molecule has 1 aliphatic rings. The molecule has 1 aliphatic heterocycles. The van der Waals surface area contributed by atoms with Crippen LogP contribution in [0.3, 0.4) is 0 Å². The zero-order valence-electron chi connectivity index (χ0n) is 15.4. The van der Waals surface area contributed by atoms with Crippen LogP contribution < -0.4 is 0 Å². The van der Waals surface area contributed by atoms with E-state index in [1.165, 1.54) is 5.56 Å². The van der Waals surface area contributed by atoms with Gasteiger partial charge in [0.25, 0.3) is 5.91 Å². The molecule has 0 N–H and O–H groups in total. The summed E-state index contributed by atoms with van der Waals surface area (Å²) in [5.41, 5.74) is 3.53. The van der Waals surface area contributed by atoms with E-state index < -0.39 is 0 Å². The summed E-state index contributed by atoms with van der Waals surface area (Å²) in [7, 11) is 0. The van der Waals surface area contributed by atoms with Gasteiger partial charge in [0.1, 0.15) is 11.3 Å². The lowest BCUT2D eigenvalue weighted by molar-refractivity contribution is 0.0620. The molecular formula is C21H23ClN4O. The Labute approximate surface area is 164 Å². The third-order valence-electron chi connectivity index (χ3n) is 5.11. The quantitative estimate of drug-likeness (QED) is 0.693. The summed E-state index contributed by atoms with van der Waals surface area (Å²) < 4.78 is 1.86. The first kappa shape index (κ1) is 18.0. The van der Waals surface area contributed by atoms with Crippen LogP contribution in [-0.4, -0.2) is 51.3 Å². The number of imidazole rings is 1. The molecule has 0 saturated carbocycles. The minimum Gasteiger partial charge on any atom is -0.335 e. The van der Waals surface area contributed by atoms with Gasteiger partial charge in [-0.1, -0.05) is 48.9 Å². The molecule has 2 aromatic heterocycles. The Morgan fingerprint density at radius 2 is 1.85 bits per heavy atom. The number of nitrogens with zero attached hydrogens (tertiary/aromatic N) is 4. The lowest BCUT2D eigenvalue weighted by Crippen LogP contribution is -2.48. The van der Waals surface area contributed by atoms with E-state index in [1.807, 2.05) is 28.5 Å². The fourth-order valence-corrected chi connectivity index (χ4v) is 3.80. The van der Waals surface area contributed by atoms with E-state index in [4.69, 9.17) is 11.6 Å². The summed E-state index contributed by atoms with van der Waals surface area (Å²) in [6.45, 7) is 6.18. The third-order valence-corrected chi connectivity index (χ3v) is 5.34. The van der Waals surface area contributed by atoms with E-state index in [0.29, 0.717) is 17.1 Å². The summed E-state index contributed by atoms with van der Waals surface area (Å²) in [4.78, 5) is 22.2. The molecule has 3 aromatic rings. The van der Waals surface area contributed by atoms with Crippen molar-refractivity contribution in [2.45, 2.75) is 19.9 Å². The summed E-state index contributed by atoms with van der Waals surface area (Å²) >= 11 is 6.08. The maximum atomic E-state index is 13.2. The van der Waals surface area contributed by atoms with Crippen molar-refractivity contribution in [1.29, 1.82) is 0 Å². The number of piperazine rings is 1. The monoisotopic (exact) mass is 382 g/mol. The molecule has 1 saturated heterocycles. The Morgan fingerprint density at radius 1 is 1.11 bits per heavy atom. The summed E-state index contributed by atoms with van der Waals surface area (Å²) in [6.07, 6.45) is 2.55. The average Bonchev–Trinajstić information content (AvgIpc) is 3.06. The molecule has 4 rings (SSSR count). The Hall–Kier alpha value is -2.37. The highest BCUT2D eigenvalue weighted by Crippen LogP contribution is 2.20. The third kappa shape index (κ3) is 3.70. The second-order valence-corrected chi connectivity index (χ2v) is 7.32.